The molecule has 0 bridgehead atoms. The van der Waals surface area contributed by atoms with Crippen molar-refractivity contribution in [2.24, 2.45) is 0 Å². The van der Waals surface area contributed by atoms with Gasteiger partial charge in [0.05, 0.1) is 17.4 Å². The summed E-state index contributed by atoms with van der Waals surface area (Å²) in [5, 5.41) is 14.7. The molecule has 1 aromatic heterocycles. The van der Waals surface area contributed by atoms with Crippen LogP contribution in [-0.2, 0) is 22.2 Å². The smallest absolute Gasteiger partial charge is 0.416 e. The van der Waals surface area contributed by atoms with Crippen molar-refractivity contribution in [2.45, 2.75) is 25.1 Å². The van der Waals surface area contributed by atoms with Crippen molar-refractivity contribution in [1.82, 2.24) is 5.32 Å². The minimum atomic E-state index is -4.49. The Kier molecular flexibility index (Phi) is 5.71. The number of carbonyl (C=O) groups excluding carboxylic acids is 2. The molecular weight excluding hydrogens is 353 g/mol. The molecule has 0 fully saturated rings. The lowest BCUT2D eigenvalue weighted by molar-refractivity contribution is -0.137. The van der Waals surface area contributed by atoms with E-state index in [2.05, 4.69) is 10.6 Å². The Balaban J connectivity index is 1.86. The third-order valence-electron chi connectivity index (χ3n) is 3.44. The SMILES string of the molecule is CC(O)(CNC(=O)C(=O)Nc1ccc(C(F)(F)F)cc1)Cc1ccco1. The highest BCUT2D eigenvalue weighted by molar-refractivity contribution is 6.39. The summed E-state index contributed by atoms with van der Waals surface area (Å²) < 4.78 is 42.5. The Bertz CT molecular complexity index is 753. The maximum absolute atomic E-state index is 12.5. The van der Waals surface area contributed by atoms with E-state index < -0.39 is 29.2 Å². The predicted molar refractivity (Wildman–Crippen MR) is 86.1 cm³/mol. The minimum Gasteiger partial charge on any atom is -0.469 e. The number of carbonyl (C=O) groups is 2. The largest absolute Gasteiger partial charge is 0.469 e. The van der Waals surface area contributed by atoms with Crippen LogP contribution in [0.15, 0.2) is 47.1 Å². The first-order valence-electron chi connectivity index (χ1n) is 7.58. The lowest BCUT2D eigenvalue weighted by atomic mass is 10.0. The number of benzene rings is 1. The fourth-order valence-electron chi connectivity index (χ4n) is 2.13. The molecule has 0 radical (unpaired) electrons. The standard InChI is InChI=1S/C17H17F3N2O4/c1-16(25,9-13-3-2-8-26-13)10-21-14(23)15(24)22-12-6-4-11(5-7-12)17(18,19)20/h2-8,25H,9-10H2,1H3,(H,21,23)(H,22,24). The number of nitrogens with one attached hydrogen (secondary N) is 2. The maximum Gasteiger partial charge on any atom is 0.416 e. The van der Waals surface area contributed by atoms with Crippen molar-refractivity contribution < 1.29 is 32.3 Å². The molecule has 0 aliphatic rings. The van der Waals surface area contributed by atoms with E-state index >= 15 is 0 Å². The molecule has 2 rings (SSSR count). The topological polar surface area (TPSA) is 91.6 Å². The molecule has 0 saturated heterocycles. The zero-order valence-corrected chi connectivity index (χ0v) is 13.8. The Morgan fingerprint density at radius 3 is 2.31 bits per heavy atom. The minimum absolute atomic E-state index is 0.0421. The second-order valence-corrected chi connectivity index (χ2v) is 5.96. The monoisotopic (exact) mass is 370 g/mol. The fraction of sp³-hybridized carbons (Fsp3) is 0.294. The number of anilines is 1. The Morgan fingerprint density at radius 2 is 1.77 bits per heavy atom. The fourth-order valence-corrected chi connectivity index (χ4v) is 2.13. The van der Waals surface area contributed by atoms with Crippen LogP contribution >= 0.6 is 0 Å². The Hall–Kier alpha value is -2.81. The van der Waals surface area contributed by atoms with Gasteiger partial charge in [0, 0.05) is 18.7 Å². The molecule has 1 atom stereocenters. The van der Waals surface area contributed by atoms with E-state index in [9.17, 15) is 27.9 Å². The molecule has 2 aromatic rings. The highest BCUT2D eigenvalue weighted by Crippen LogP contribution is 2.29. The molecule has 0 saturated carbocycles. The lowest BCUT2D eigenvalue weighted by Crippen LogP contribution is -2.45. The van der Waals surface area contributed by atoms with Gasteiger partial charge in [0.25, 0.3) is 0 Å². The van der Waals surface area contributed by atoms with Crippen LogP contribution in [0.4, 0.5) is 18.9 Å². The molecule has 0 aliphatic heterocycles. The first-order chi connectivity index (χ1) is 12.1. The van der Waals surface area contributed by atoms with Crippen molar-refractivity contribution in [2.75, 3.05) is 11.9 Å². The second-order valence-electron chi connectivity index (χ2n) is 5.96. The van der Waals surface area contributed by atoms with Gasteiger partial charge in [-0.25, -0.2) is 0 Å². The molecule has 1 heterocycles. The van der Waals surface area contributed by atoms with Gasteiger partial charge in [-0.1, -0.05) is 0 Å². The van der Waals surface area contributed by atoms with E-state index in [1.54, 1.807) is 12.1 Å². The van der Waals surface area contributed by atoms with Crippen LogP contribution in [0.5, 0.6) is 0 Å². The Morgan fingerprint density at radius 1 is 1.12 bits per heavy atom. The molecule has 3 N–H and O–H groups in total. The summed E-state index contributed by atoms with van der Waals surface area (Å²) in [7, 11) is 0. The second kappa shape index (κ2) is 7.61. The van der Waals surface area contributed by atoms with E-state index in [0.717, 1.165) is 24.3 Å². The average Bonchev–Trinajstić information content (AvgIpc) is 3.04. The van der Waals surface area contributed by atoms with Gasteiger partial charge in [-0.2, -0.15) is 13.2 Å². The average molecular weight is 370 g/mol. The summed E-state index contributed by atoms with van der Waals surface area (Å²) in [6.45, 7) is 1.25. The van der Waals surface area contributed by atoms with Crippen molar-refractivity contribution in [3.8, 4) is 0 Å². The van der Waals surface area contributed by atoms with E-state index in [4.69, 9.17) is 4.42 Å². The van der Waals surface area contributed by atoms with E-state index in [1.807, 2.05) is 0 Å². The molecular formula is C17H17F3N2O4. The molecule has 2 amide bonds. The van der Waals surface area contributed by atoms with Gasteiger partial charge in [0.2, 0.25) is 0 Å². The number of aliphatic hydroxyl groups is 1. The molecule has 6 nitrogen and oxygen atoms in total. The van der Waals surface area contributed by atoms with Gasteiger partial charge in [-0.15, -0.1) is 0 Å². The lowest BCUT2D eigenvalue weighted by Gasteiger charge is -2.22. The van der Waals surface area contributed by atoms with Gasteiger partial charge in [-0.3, -0.25) is 9.59 Å². The molecule has 1 aromatic carbocycles. The number of rotatable bonds is 5. The van der Waals surface area contributed by atoms with Crippen LogP contribution in [0.2, 0.25) is 0 Å². The molecule has 140 valence electrons. The number of halogens is 3. The van der Waals surface area contributed by atoms with E-state index in [-0.39, 0.29) is 18.7 Å². The number of amides is 2. The normalized spacial score (nSPS) is 13.7. The third kappa shape index (κ3) is 5.62. The van der Waals surface area contributed by atoms with Crippen LogP contribution in [0, 0.1) is 0 Å². The maximum atomic E-state index is 12.5. The first kappa shape index (κ1) is 19.5. The summed E-state index contributed by atoms with van der Waals surface area (Å²) in [5.74, 6) is -1.57. The highest BCUT2D eigenvalue weighted by atomic mass is 19.4. The molecule has 9 heteroatoms. The van der Waals surface area contributed by atoms with Gasteiger partial charge in [0.1, 0.15) is 5.76 Å². The van der Waals surface area contributed by atoms with Crippen LogP contribution in [0.25, 0.3) is 0 Å². The summed E-state index contributed by atoms with van der Waals surface area (Å²) in [6.07, 6.45) is -2.91. The van der Waals surface area contributed by atoms with Gasteiger partial charge >= 0.3 is 18.0 Å². The predicted octanol–water partition coefficient (Wildman–Crippen LogP) is 2.35. The number of furan rings is 1. The molecule has 0 spiro atoms. The molecule has 0 aliphatic carbocycles. The van der Waals surface area contributed by atoms with Crippen LogP contribution in [0.3, 0.4) is 0 Å². The van der Waals surface area contributed by atoms with Gasteiger partial charge in [0.15, 0.2) is 0 Å². The van der Waals surface area contributed by atoms with Crippen LogP contribution in [-0.4, -0.2) is 29.1 Å². The summed E-state index contributed by atoms with van der Waals surface area (Å²) in [6, 6.07) is 6.99. The van der Waals surface area contributed by atoms with Gasteiger partial charge in [-0.05, 0) is 43.3 Å². The van der Waals surface area contributed by atoms with Crippen molar-refractivity contribution in [3.63, 3.8) is 0 Å². The number of hydrogen-bond donors (Lipinski definition) is 3. The number of hydrogen-bond acceptors (Lipinski definition) is 4. The molecule has 26 heavy (non-hydrogen) atoms. The third-order valence-corrected chi connectivity index (χ3v) is 3.44. The quantitative estimate of drug-likeness (QED) is 0.705. The summed E-state index contributed by atoms with van der Waals surface area (Å²) in [4.78, 5) is 23.6. The van der Waals surface area contributed by atoms with Crippen molar-refractivity contribution >= 4 is 17.5 Å². The summed E-state index contributed by atoms with van der Waals surface area (Å²) in [5.41, 5.74) is -2.17. The van der Waals surface area contributed by atoms with Crippen LogP contribution in [0.1, 0.15) is 18.2 Å². The van der Waals surface area contributed by atoms with Crippen molar-refractivity contribution in [3.05, 3.63) is 54.0 Å². The summed E-state index contributed by atoms with van der Waals surface area (Å²) >= 11 is 0. The van der Waals surface area contributed by atoms with Crippen molar-refractivity contribution in [1.29, 1.82) is 0 Å². The first-order valence-corrected chi connectivity index (χ1v) is 7.58. The van der Waals surface area contributed by atoms with E-state index in [1.165, 1.54) is 13.2 Å². The Labute approximate surface area is 147 Å². The van der Waals surface area contributed by atoms with E-state index in [0.29, 0.717) is 5.76 Å². The zero-order valence-electron chi connectivity index (χ0n) is 13.8. The molecule has 1 unspecified atom stereocenters. The van der Waals surface area contributed by atoms with Crippen LogP contribution < -0.4 is 10.6 Å². The highest BCUT2D eigenvalue weighted by Gasteiger charge is 2.30. The zero-order chi connectivity index (χ0) is 19.4. The number of alkyl halides is 3. The van der Waals surface area contributed by atoms with Gasteiger partial charge < -0.3 is 20.2 Å².